The van der Waals surface area contributed by atoms with Crippen LogP contribution in [0.4, 0.5) is 0 Å². The summed E-state index contributed by atoms with van der Waals surface area (Å²) in [6, 6.07) is 2.37. The summed E-state index contributed by atoms with van der Waals surface area (Å²) in [7, 11) is 0. The van der Waals surface area contributed by atoms with Crippen LogP contribution in [0.25, 0.3) is 6.08 Å². The maximum absolute atomic E-state index is 3.76. The van der Waals surface area contributed by atoms with Gasteiger partial charge in [-0.25, -0.2) is 0 Å². The van der Waals surface area contributed by atoms with Crippen molar-refractivity contribution in [1.82, 2.24) is 0 Å². The molecule has 0 radical (unpaired) electrons. The van der Waals surface area contributed by atoms with Gasteiger partial charge in [0.2, 0.25) is 0 Å². The van der Waals surface area contributed by atoms with E-state index in [1.807, 2.05) is 0 Å². The van der Waals surface area contributed by atoms with Crippen LogP contribution < -0.4 is 0 Å². The van der Waals surface area contributed by atoms with Gasteiger partial charge in [0.15, 0.2) is 0 Å². The van der Waals surface area contributed by atoms with E-state index in [1.165, 1.54) is 36.6 Å². The van der Waals surface area contributed by atoms with E-state index in [4.69, 9.17) is 0 Å². The monoisotopic (exact) mass is 276 g/mol. The molecule has 2 aliphatic carbocycles. The molecular formula is C15H17Br. The standard InChI is InChI=1S/C15H17Br/c1-2-10-7-8-12-11-5-3-4-6-13(11)15(16)9-14(10)12/h7-10H,2-6H2,1H3. The summed E-state index contributed by atoms with van der Waals surface area (Å²) in [6.07, 6.45) is 11.2. The molecule has 2 aliphatic rings. The average Bonchev–Trinajstić information content (AvgIpc) is 2.72. The molecule has 0 aliphatic heterocycles. The fraction of sp³-hybridized carbons (Fsp3) is 0.467. The Morgan fingerprint density at radius 2 is 2.00 bits per heavy atom. The lowest BCUT2D eigenvalue weighted by molar-refractivity contribution is 0.679. The van der Waals surface area contributed by atoms with Crippen LogP contribution in [0.15, 0.2) is 16.6 Å². The van der Waals surface area contributed by atoms with Crippen LogP contribution in [0.5, 0.6) is 0 Å². The summed E-state index contributed by atoms with van der Waals surface area (Å²) in [5.41, 5.74) is 6.30. The number of allylic oxidation sites excluding steroid dienone is 1. The summed E-state index contributed by atoms with van der Waals surface area (Å²) in [4.78, 5) is 0. The minimum atomic E-state index is 0.651. The van der Waals surface area contributed by atoms with Crippen molar-refractivity contribution >= 4 is 22.0 Å². The molecule has 0 fully saturated rings. The zero-order valence-corrected chi connectivity index (χ0v) is 11.3. The molecular weight excluding hydrogens is 260 g/mol. The molecule has 1 heteroatoms. The number of benzene rings is 1. The Bertz CT molecular complexity index is 457. The van der Waals surface area contributed by atoms with Gasteiger partial charge in [0.05, 0.1) is 0 Å². The molecule has 0 spiro atoms. The lowest BCUT2D eigenvalue weighted by Crippen LogP contribution is -2.07. The van der Waals surface area contributed by atoms with Crippen LogP contribution in [-0.4, -0.2) is 0 Å². The smallest absolute Gasteiger partial charge is 0.0213 e. The lowest BCUT2D eigenvalue weighted by Gasteiger charge is -2.22. The van der Waals surface area contributed by atoms with E-state index in [0.29, 0.717) is 5.92 Å². The number of fused-ring (bicyclic) bond motifs is 3. The normalized spacial score (nSPS) is 22.0. The summed E-state index contributed by atoms with van der Waals surface area (Å²) >= 11 is 3.76. The molecule has 0 aromatic heterocycles. The Morgan fingerprint density at radius 3 is 2.75 bits per heavy atom. The third-order valence-corrected chi connectivity index (χ3v) is 4.72. The number of hydrogen-bond acceptors (Lipinski definition) is 0. The fourth-order valence-corrected chi connectivity index (χ4v) is 3.80. The van der Waals surface area contributed by atoms with Crippen molar-refractivity contribution in [2.75, 3.05) is 0 Å². The Morgan fingerprint density at radius 1 is 1.25 bits per heavy atom. The fourth-order valence-electron chi connectivity index (χ4n) is 3.12. The highest BCUT2D eigenvalue weighted by Gasteiger charge is 2.23. The Labute approximate surface area is 106 Å². The van der Waals surface area contributed by atoms with Crippen LogP contribution in [0.2, 0.25) is 0 Å². The second-order valence-corrected chi connectivity index (χ2v) is 5.75. The van der Waals surface area contributed by atoms with E-state index in [-0.39, 0.29) is 0 Å². The van der Waals surface area contributed by atoms with Crippen LogP contribution in [0.3, 0.4) is 0 Å². The number of halogens is 1. The highest BCUT2D eigenvalue weighted by Crippen LogP contribution is 2.41. The van der Waals surface area contributed by atoms with Crippen LogP contribution in [-0.2, 0) is 12.8 Å². The van der Waals surface area contributed by atoms with E-state index in [0.717, 1.165) is 0 Å². The third kappa shape index (κ3) is 1.48. The predicted octanol–water partition coefficient (Wildman–Crippen LogP) is 4.85. The maximum atomic E-state index is 3.76. The SMILES string of the molecule is CCC1C=Cc2c1cc(Br)c1c2CCCC1. The molecule has 0 amide bonds. The quantitative estimate of drug-likeness (QED) is 0.688. The minimum absolute atomic E-state index is 0.651. The first kappa shape index (κ1) is 10.6. The second kappa shape index (κ2) is 4.03. The molecule has 0 nitrogen and oxygen atoms in total. The van der Waals surface area contributed by atoms with Gasteiger partial charge >= 0.3 is 0 Å². The van der Waals surface area contributed by atoms with Gasteiger partial charge in [-0.1, -0.05) is 35.0 Å². The zero-order valence-electron chi connectivity index (χ0n) is 9.72. The molecule has 0 N–H and O–H groups in total. The van der Waals surface area contributed by atoms with Crippen molar-refractivity contribution in [2.45, 2.75) is 44.9 Å². The first-order valence-electron chi connectivity index (χ1n) is 6.33. The van der Waals surface area contributed by atoms with Crippen molar-refractivity contribution < 1.29 is 0 Å². The van der Waals surface area contributed by atoms with E-state index in [1.54, 1.807) is 22.3 Å². The van der Waals surface area contributed by atoms with Gasteiger partial charge in [-0.15, -0.1) is 0 Å². The highest BCUT2D eigenvalue weighted by molar-refractivity contribution is 9.10. The molecule has 0 saturated heterocycles. The summed E-state index contributed by atoms with van der Waals surface area (Å²) < 4.78 is 1.35. The van der Waals surface area contributed by atoms with Crippen molar-refractivity contribution in [1.29, 1.82) is 0 Å². The molecule has 1 aromatic carbocycles. The molecule has 1 unspecified atom stereocenters. The average molecular weight is 277 g/mol. The van der Waals surface area contributed by atoms with Gasteiger partial charge in [-0.05, 0) is 60.4 Å². The summed E-state index contributed by atoms with van der Waals surface area (Å²) in [5, 5.41) is 0. The zero-order chi connectivity index (χ0) is 11.1. The minimum Gasteiger partial charge on any atom is -0.0764 e. The molecule has 0 saturated carbocycles. The number of rotatable bonds is 1. The first-order valence-corrected chi connectivity index (χ1v) is 7.13. The van der Waals surface area contributed by atoms with Gasteiger partial charge in [0.25, 0.3) is 0 Å². The second-order valence-electron chi connectivity index (χ2n) is 4.90. The van der Waals surface area contributed by atoms with Gasteiger partial charge < -0.3 is 0 Å². The van der Waals surface area contributed by atoms with Gasteiger partial charge in [-0.3, -0.25) is 0 Å². The van der Waals surface area contributed by atoms with Crippen molar-refractivity contribution in [3.63, 3.8) is 0 Å². The Hall–Kier alpha value is -0.560. The summed E-state index contributed by atoms with van der Waals surface area (Å²) in [6.45, 7) is 2.28. The van der Waals surface area contributed by atoms with E-state index < -0.39 is 0 Å². The lowest BCUT2D eigenvalue weighted by atomic mass is 9.85. The van der Waals surface area contributed by atoms with E-state index >= 15 is 0 Å². The van der Waals surface area contributed by atoms with Crippen LogP contribution in [0, 0.1) is 0 Å². The van der Waals surface area contributed by atoms with Gasteiger partial charge in [0, 0.05) is 10.4 Å². The van der Waals surface area contributed by atoms with E-state index in [9.17, 15) is 0 Å². The molecule has 3 rings (SSSR count). The van der Waals surface area contributed by atoms with Gasteiger partial charge in [0.1, 0.15) is 0 Å². The molecule has 0 heterocycles. The third-order valence-electron chi connectivity index (χ3n) is 4.01. The van der Waals surface area contributed by atoms with Crippen molar-refractivity contribution in [3.8, 4) is 0 Å². The topological polar surface area (TPSA) is 0 Å². The largest absolute Gasteiger partial charge is 0.0764 e. The Balaban J connectivity index is 2.19. The van der Waals surface area contributed by atoms with E-state index in [2.05, 4.69) is 41.1 Å². The number of hydrogen-bond donors (Lipinski definition) is 0. The highest BCUT2D eigenvalue weighted by atomic mass is 79.9. The van der Waals surface area contributed by atoms with Gasteiger partial charge in [-0.2, -0.15) is 0 Å². The molecule has 84 valence electrons. The Kier molecular flexibility index (Phi) is 2.67. The van der Waals surface area contributed by atoms with Crippen LogP contribution >= 0.6 is 15.9 Å². The first-order chi connectivity index (χ1) is 7.81. The molecule has 1 aromatic rings. The van der Waals surface area contributed by atoms with Crippen molar-refractivity contribution in [2.24, 2.45) is 0 Å². The maximum Gasteiger partial charge on any atom is 0.0213 e. The molecule has 16 heavy (non-hydrogen) atoms. The summed E-state index contributed by atoms with van der Waals surface area (Å²) in [5.74, 6) is 0.651. The molecule has 0 bridgehead atoms. The van der Waals surface area contributed by atoms with Crippen molar-refractivity contribution in [3.05, 3.63) is 38.9 Å². The predicted molar refractivity (Wildman–Crippen MR) is 72.9 cm³/mol. The molecule has 1 atom stereocenters. The van der Waals surface area contributed by atoms with Crippen LogP contribution in [0.1, 0.15) is 54.4 Å².